The monoisotopic (exact) mass is 548 g/mol. The first-order valence-corrected chi connectivity index (χ1v) is 11.8. The maximum atomic E-state index is 11.7. The van der Waals surface area contributed by atoms with Crippen LogP contribution in [-0.2, 0) is 9.59 Å². The smallest absolute Gasteiger partial charge is 0.323 e. The molecule has 13 heteroatoms. The van der Waals surface area contributed by atoms with E-state index in [2.05, 4.69) is 27.6 Å². The molecule has 2 rings (SSSR count). The van der Waals surface area contributed by atoms with Gasteiger partial charge in [-0.05, 0) is 58.3 Å². The molecule has 0 aliphatic heterocycles. The Bertz CT molecular complexity index is 918. The number of carbonyl (C=O) groups excluding carboxylic acids is 1. The number of amides is 1. The number of aliphatic hydroxyl groups is 2. The second-order valence-electron chi connectivity index (χ2n) is 7.20. The van der Waals surface area contributed by atoms with Gasteiger partial charge in [0.25, 0.3) is 0 Å². The highest BCUT2D eigenvalue weighted by Crippen LogP contribution is 2.19. The van der Waals surface area contributed by atoms with E-state index in [-0.39, 0.29) is 5.91 Å². The van der Waals surface area contributed by atoms with E-state index in [9.17, 15) is 14.7 Å². The Kier molecular flexibility index (Phi) is 19.1. The predicted molar refractivity (Wildman–Crippen MR) is 148 cm³/mol. The molecular formula is C23H38Cl2N6O5. The number of hydrogen-bond acceptors (Lipinski definition) is 9. The van der Waals surface area contributed by atoms with Crippen molar-refractivity contribution in [1.29, 1.82) is 0 Å². The summed E-state index contributed by atoms with van der Waals surface area (Å²) in [5.74, 6) is -1.34. The third kappa shape index (κ3) is 13.9. The van der Waals surface area contributed by atoms with Crippen LogP contribution >= 0.6 is 23.2 Å². The highest BCUT2D eigenvalue weighted by Gasteiger charge is 2.22. The van der Waals surface area contributed by atoms with Gasteiger partial charge in [0, 0.05) is 11.4 Å². The number of nitrogens with two attached hydrogens (primary N) is 3. The van der Waals surface area contributed by atoms with E-state index in [0.717, 1.165) is 0 Å². The highest BCUT2D eigenvalue weighted by molar-refractivity contribution is 6.31. The molecule has 4 atom stereocenters. The Morgan fingerprint density at radius 1 is 0.833 bits per heavy atom. The predicted octanol–water partition coefficient (Wildman–Crippen LogP) is 1.58. The van der Waals surface area contributed by atoms with Crippen molar-refractivity contribution in [3.8, 4) is 0 Å². The van der Waals surface area contributed by atoms with Gasteiger partial charge in [-0.3, -0.25) is 9.59 Å². The van der Waals surface area contributed by atoms with Gasteiger partial charge in [0.1, 0.15) is 12.1 Å². The van der Waals surface area contributed by atoms with Crippen LogP contribution in [-0.4, -0.2) is 72.0 Å². The van der Waals surface area contributed by atoms with Crippen LogP contribution in [0.15, 0.2) is 42.5 Å². The minimum absolute atomic E-state index is 0.310. The number of hydrogen-bond donors (Lipinski definition) is 9. The zero-order chi connectivity index (χ0) is 28.4. The molecule has 0 spiro atoms. The molecule has 204 valence electrons. The van der Waals surface area contributed by atoms with Crippen molar-refractivity contribution in [3.63, 3.8) is 0 Å². The molecule has 0 bridgehead atoms. The van der Waals surface area contributed by atoms with Gasteiger partial charge in [-0.15, -0.1) is 11.6 Å². The lowest BCUT2D eigenvalue weighted by atomic mass is 10.1. The molecule has 0 aromatic heterocycles. The Balaban J connectivity index is 0. The van der Waals surface area contributed by atoms with Crippen molar-refractivity contribution in [2.75, 3.05) is 43.0 Å². The van der Waals surface area contributed by atoms with Crippen LogP contribution in [0.4, 0.5) is 22.7 Å². The molecular weight excluding hydrogens is 511 g/mol. The number of carboxylic acid groups (broad SMARTS) is 1. The summed E-state index contributed by atoms with van der Waals surface area (Å²) in [5.41, 5.74) is 18.7. The largest absolute Gasteiger partial charge is 0.480 e. The number of nitrogens with one attached hydrogen (secondary N) is 3. The number of carboxylic acids is 1. The number of benzene rings is 2. The quantitative estimate of drug-likeness (QED) is 0.180. The van der Waals surface area contributed by atoms with Gasteiger partial charge in [-0.25, -0.2) is 0 Å². The van der Waals surface area contributed by atoms with Gasteiger partial charge >= 0.3 is 5.97 Å². The van der Waals surface area contributed by atoms with E-state index in [1.54, 1.807) is 56.4 Å². The summed E-state index contributed by atoms with van der Waals surface area (Å²) in [7, 11) is 3.11. The molecule has 0 radical (unpaired) electrons. The first-order chi connectivity index (χ1) is 16.8. The summed E-state index contributed by atoms with van der Waals surface area (Å²) < 4.78 is 0. The first-order valence-electron chi connectivity index (χ1n) is 10.6. The number of nitrogen functional groups attached to an aromatic ring is 3. The molecule has 0 aliphatic rings. The fourth-order valence-corrected chi connectivity index (χ4v) is 2.71. The molecule has 0 heterocycles. The Hall–Kier alpha value is -2.80. The van der Waals surface area contributed by atoms with Crippen molar-refractivity contribution in [2.24, 2.45) is 0 Å². The average molecular weight is 550 g/mol. The maximum Gasteiger partial charge on any atom is 0.323 e. The summed E-state index contributed by atoms with van der Waals surface area (Å²) in [6.45, 7) is 2.98. The SMILES string of the molecule is CCl.CN[C@H](C(=O)Nc1ccccc1N)[C@@H](C)O.CN[C@H](C(=O)O)[C@@H](C)O.Nc1ccc(Cl)cc1N. The van der Waals surface area contributed by atoms with Crippen LogP contribution in [0.3, 0.4) is 0 Å². The van der Waals surface area contributed by atoms with Gasteiger partial charge in [0.05, 0.1) is 35.0 Å². The Morgan fingerprint density at radius 2 is 1.33 bits per heavy atom. The number of carbonyl (C=O) groups is 2. The fraction of sp³-hybridized carbons (Fsp3) is 0.391. The van der Waals surface area contributed by atoms with Crippen LogP contribution < -0.4 is 33.2 Å². The number of halogens is 2. The fourth-order valence-electron chi connectivity index (χ4n) is 2.53. The molecule has 0 fully saturated rings. The highest BCUT2D eigenvalue weighted by atomic mass is 35.5. The zero-order valence-electron chi connectivity index (χ0n) is 21.0. The zero-order valence-corrected chi connectivity index (χ0v) is 22.5. The van der Waals surface area contributed by atoms with Crippen molar-refractivity contribution >= 4 is 57.8 Å². The van der Waals surface area contributed by atoms with Gasteiger partial charge in [0.2, 0.25) is 5.91 Å². The van der Waals surface area contributed by atoms with E-state index in [1.165, 1.54) is 20.4 Å². The third-order valence-corrected chi connectivity index (χ3v) is 4.64. The number of anilines is 4. The molecule has 0 unspecified atom stereocenters. The molecule has 2 aromatic rings. The van der Waals surface area contributed by atoms with Crippen LogP contribution in [0.25, 0.3) is 0 Å². The van der Waals surface area contributed by atoms with Crippen LogP contribution in [0.1, 0.15) is 13.8 Å². The molecule has 2 aromatic carbocycles. The van der Waals surface area contributed by atoms with E-state index in [0.29, 0.717) is 27.8 Å². The Morgan fingerprint density at radius 3 is 1.67 bits per heavy atom. The van der Waals surface area contributed by atoms with E-state index >= 15 is 0 Å². The lowest BCUT2D eigenvalue weighted by molar-refractivity contribution is -0.142. The lowest BCUT2D eigenvalue weighted by Gasteiger charge is -2.19. The molecule has 11 nitrogen and oxygen atoms in total. The molecule has 0 aliphatic carbocycles. The van der Waals surface area contributed by atoms with Crippen LogP contribution in [0.5, 0.6) is 0 Å². The number of alkyl halides is 1. The number of para-hydroxylation sites is 2. The van der Waals surface area contributed by atoms with E-state index in [1.807, 2.05) is 0 Å². The van der Waals surface area contributed by atoms with E-state index < -0.39 is 30.3 Å². The number of aliphatic carboxylic acids is 1. The van der Waals surface area contributed by atoms with E-state index in [4.69, 9.17) is 39.0 Å². The first kappa shape index (κ1) is 35.4. The molecule has 0 saturated heterocycles. The van der Waals surface area contributed by atoms with Crippen molar-refractivity contribution < 1.29 is 24.9 Å². The van der Waals surface area contributed by atoms with Gasteiger partial charge < -0.3 is 48.5 Å². The van der Waals surface area contributed by atoms with Gasteiger partial charge in [-0.2, -0.15) is 0 Å². The van der Waals surface area contributed by atoms with Crippen LogP contribution in [0.2, 0.25) is 5.02 Å². The number of aliphatic hydroxyl groups excluding tert-OH is 2. The second kappa shape index (κ2) is 19.4. The minimum atomic E-state index is -1.03. The average Bonchev–Trinajstić information content (AvgIpc) is 2.80. The molecule has 36 heavy (non-hydrogen) atoms. The second-order valence-corrected chi connectivity index (χ2v) is 7.64. The number of likely N-dealkylation sites (N-methyl/N-ethyl adjacent to an activating group) is 2. The lowest BCUT2D eigenvalue weighted by Crippen LogP contribution is -2.46. The topological polar surface area (TPSA) is 209 Å². The van der Waals surface area contributed by atoms with Crippen molar-refractivity contribution in [3.05, 3.63) is 47.5 Å². The Labute approximate surface area is 222 Å². The standard InChI is InChI=1S/C11H17N3O2.C6H7ClN2.C5H11NO3.CH3Cl/c1-7(15)10(13-2)11(16)14-9-6-4-3-5-8(9)12;7-4-1-2-5(8)6(9)3-4;1-3(7)4(6-2)5(8)9;1-2/h3-7,10,13,15H,12H2,1-2H3,(H,14,16);1-3H,8-9H2;3-4,6-7H,1-2H3,(H,8,9);1H3/t7-,10+;;3-,4+;/m1.1./s1. The summed E-state index contributed by atoms with van der Waals surface area (Å²) in [4.78, 5) is 21.9. The summed E-state index contributed by atoms with van der Waals surface area (Å²) >= 11 is 10.2. The molecule has 1 amide bonds. The number of rotatable bonds is 7. The van der Waals surface area contributed by atoms with Crippen LogP contribution in [0, 0.1) is 0 Å². The van der Waals surface area contributed by atoms with Crippen molar-refractivity contribution in [2.45, 2.75) is 38.1 Å². The summed E-state index contributed by atoms with van der Waals surface area (Å²) in [6, 6.07) is 10.5. The normalized spacial score (nSPS) is 13.0. The third-order valence-electron chi connectivity index (χ3n) is 4.40. The molecule has 0 saturated carbocycles. The summed E-state index contributed by atoms with van der Waals surface area (Å²) in [5, 5.41) is 34.9. The molecule has 12 N–H and O–H groups in total. The van der Waals surface area contributed by atoms with Gasteiger partial charge in [0.15, 0.2) is 0 Å². The summed E-state index contributed by atoms with van der Waals surface area (Å²) in [6.07, 6.45) is -0.151. The van der Waals surface area contributed by atoms with Gasteiger partial charge in [-0.1, -0.05) is 23.7 Å². The minimum Gasteiger partial charge on any atom is -0.480 e. The van der Waals surface area contributed by atoms with Crippen molar-refractivity contribution in [1.82, 2.24) is 10.6 Å². The maximum absolute atomic E-state index is 11.7.